The molecule has 16 heavy (non-hydrogen) atoms. The summed E-state index contributed by atoms with van der Waals surface area (Å²) in [5.74, 6) is 0.653. The largest absolute Gasteiger partial charge is 0.380 e. The van der Waals surface area contributed by atoms with Crippen LogP contribution in [0.3, 0.4) is 0 Å². The summed E-state index contributed by atoms with van der Waals surface area (Å²) in [7, 11) is 0. The molecule has 96 valence electrons. The average Bonchev–Trinajstić information content (AvgIpc) is 2.16. The summed E-state index contributed by atoms with van der Waals surface area (Å²) in [5.41, 5.74) is 0.234. The molecule has 0 saturated carbocycles. The molecule has 1 atom stereocenters. The first-order valence-corrected chi connectivity index (χ1v) is 6.53. The van der Waals surface area contributed by atoms with Gasteiger partial charge in [-0.3, -0.25) is 4.90 Å². The summed E-state index contributed by atoms with van der Waals surface area (Å²) in [4.78, 5) is 2.58. The third kappa shape index (κ3) is 4.04. The number of ether oxygens (including phenoxy) is 1. The normalized spacial score (nSPS) is 23.6. The number of nitrogens with zero attached hydrogens (tertiary/aromatic N) is 1. The fourth-order valence-electron chi connectivity index (χ4n) is 2.42. The van der Waals surface area contributed by atoms with Crippen LogP contribution in [0.15, 0.2) is 0 Å². The molecule has 1 N–H and O–H groups in total. The topological polar surface area (TPSA) is 24.5 Å². The van der Waals surface area contributed by atoms with Crippen molar-refractivity contribution in [1.82, 2.24) is 10.2 Å². The molecule has 1 saturated heterocycles. The second kappa shape index (κ2) is 5.99. The van der Waals surface area contributed by atoms with Gasteiger partial charge in [-0.15, -0.1) is 0 Å². The first-order valence-electron chi connectivity index (χ1n) is 6.53. The standard InChI is InChI=1S/C13H28N2O/c1-6-16-9-12(11(2)3)15-8-7-14-13(4,5)10-15/h11-12,14H,6-10H2,1-5H3. The number of nitrogens with one attached hydrogen (secondary N) is 1. The number of hydrogen-bond donors (Lipinski definition) is 1. The van der Waals surface area contributed by atoms with Gasteiger partial charge < -0.3 is 10.1 Å². The molecule has 3 heteroatoms. The van der Waals surface area contributed by atoms with E-state index in [9.17, 15) is 0 Å². The minimum Gasteiger partial charge on any atom is -0.380 e. The van der Waals surface area contributed by atoms with Gasteiger partial charge in [0.15, 0.2) is 0 Å². The Morgan fingerprint density at radius 2 is 2.06 bits per heavy atom. The smallest absolute Gasteiger partial charge is 0.0624 e. The van der Waals surface area contributed by atoms with Crippen molar-refractivity contribution in [3.05, 3.63) is 0 Å². The van der Waals surface area contributed by atoms with E-state index in [2.05, 4.69) is 44.8 Å². The van der Waals surface area contributed by atoms with Crippen LogP contribution in [0.4, 0.5) is 0 Å². The van der Waals surface area contributed by atoms with Crippen molar-refractivity contribution in [2.45, 2.75) is 46.2 Å². The van der Waals surface area contributed by atoms with E-state index in [4.69, 9.17) is 4.74 Å². The second-order valence-electron chi connectivity index (χ2n) is 5.75. The lowest BCUT2D eigenvalue weighted by Crippen LogP contribution is -2.60. The van der Waals surface area contributed by atoms with Gasteiger partial charge in [0.05, 0.1) is 6.61 Å². The molecule has 1 fully saturated rings. The molecule has 1 aliphatic rings. The quantitative estimate of drug-likeness (QED) is 0.775. The third-order valence-corrected chi connectivity index (χ3v) is 3.33. The molecular weight excluding hydrogens is 200 g/mol. The maximum absolute atomic E-state index is 5.62. The summed E-state index contributed by atoms with van der Waals surface area (Å²) in [6, 6.07) is 0.557. The molecule has 1 aliphatic heterocycles. The fourth-order valence-corrected chi connectivity index (χ4v) is 2.42. The van der Waals surface area contributed by atoms with Crippen LogP contribution >= 0.6 is 0 Å². The number of piperazine rings is 1. The highest BCUT2D eigenvalue weighted by atomic mass is 16.5. The number of rotatable bonds is 5. The van der Waals surface area contributed by atoms with Crippen LogP contribution in [0, 0.1) is 5.92 Å². The van der Waals surface area contributed by atoms with Crippen molar-refractivity contribution in [1.29, 1.82) is 0 Å². The zero-order chi connectivity index (χ0) is 12.2. The predicted molar refractivity (Wildman–Crippen MR) is 68.8 cm³/mol. The van der Waals surface area contributed by atoms with Gasteiger partial charge >= 0.3 is 0 Å². The van der Waals surface area contributed by atoms with E-state index in [-0.39, 0.29) is 5.54 Å². The fraction of sp³-hybridized carbons (Fsp3) is 1.00. The van der Waals surface area contributed by atoms with Crippen molar-refractivity contribution in [3.8, 4) is 0 Å². The molecule has 0 radical (unpaired) electrons. The van der Waals surface area contributed by atoms with Crippen molar-refractivity contribution in [2.75, 3.05) is 32.8 Å². The Morgan fingerprint density at radius 3 is 2.56 bits per heavy atom. The highest BCUT2D eigenvalue weighted by Crippen LogP contribution is 2.18. The van der Waals surface area contributed by atoms with E-state index in [1.807, 2.05) is 0 Å². The lowest BCUT2D eigenvalue weighted by atomic mass is 9.96. The van der Waals surface area contributed by atoms with Crippen LogP contribution in [0.5, 0.6) is 0 Å². The summed E-state index contributed by atoms with van der Waals surface area (Å²) < 4.78 is 5.62. The Labute approximate surface area is 101 Å². The maximum atomic E-state index is 5.62. The van der Waals surface area contributed by atoms with E-state index >= 15 is 0 Å². The third-order valence-electron chi connectivity index (χ3n) is 3.33. The van der Waals surface area contributed by atoms with E-state index in [1.165, 1.54) is 0 Å². The van der Waals surface area contributed by atoms with Gasteiger partial charge in [-0.25, -0.2) is 0 Å². The van der Waals surface area contributed by atoms with Crippen LogP contribution in [0.25, 0.3) is 0 Å². The molecule has 0 aromatic carbocycles. The molecular formula is C13H28N2O. The highest BCUT2D eigenvalue weighted by molar-refractivity contribution is 4.90. The molecule has 1 heterocycles. The molecule has 0 spiro atoms. The summed E-state index contributed by atoms with van der Waals surface area (Å²) >= 11 is 0. The Balaban J connectivity index is 2.56. The minimum absolute atomic E-state index is 0.234. The average molecular weight is 228 g/mol. The van der Waals surface area contributed by atoms with E-state index < -0.39 is 0 Å². The monoisotopic (exact) mass is 228 g/mol. The summed E-state index contributed by atoms with van der Waals surface area (Å²) in [6.07, 6.45) is 0. The highest BCUT2D eigenvalue weighted by Gasteiger charge is 2.31. The Kier molecular flexibility index (Phi) is 5.22. The molecule has 0 aromatic heterocycles. The van der Waals surface area contributed by atoms with Crippen LogP contribution < -0.4 is 5.32 Å². The van der Waals surface area contributed by atoms with Crippen LogP contribution in [-0.4, -0.2) is 49.3 Å². The zero-order valence-corrected chi connectivity index (χ0v) is 11.5. The van der Waals surface area contributed by atoms with Crippen LogP contribution in [-0.2, 0) is 4.74 Å². The molecule has 1 rings (SSSR count). The first-order chi connectivity index (χ1) is 7.46. The maximum Gasteiger partial charge on any atom is 0.0624 e. The molecule has 0 bridgehead atoms. The molecule has 3 nitrogen and oxygen atoms in total. The Hall–Kier alpha value is -0.120. The first kappa shape index (κ1) is 13.9. The lowest BCUT2D eigenvalue weighted by Gasteiger charge is -2.44. The van der Waals surface area contributed by atoms with Crippen molar-refractivity contribution in [3.63, 3.8) is 0 Å². The molecule has 0 amide bonds. The van der Waals surface area contributed by atoms with E-state index in [1.54, 1.807) is 0 Å². The number of hydrogen-bond acceptors (Lipinski definition) is 3. The second-order valence-corrected chi connectivity index (χ2v) is 5.75. The predicted octanol–water partition coefficient (Wildman–Crippen LogP) is 1.73. The zero-order valence-electron chi connectivity index (χ0n) is 11.5. The van der Waals surface area contributed by atoms with Gasteiger partial charge in [0.25, 0.3) is 0 Å². The minimum atomic E-state index is 0.234. The van der Waals surface area contributed by atoms with Crippen molar-refractivity contribution < 1.29 is 4.74 Å². The van der Waals surface area contributed by atoms with E-state index in [0.29, 0.717) is 12.0 Å². The lowest BCUT2D eigenvalue weighted by molar-refractivity contribution is 0.0185. The summed E-state index contributed by atoms with van der Waals surface area (Å²) in [6.45, 7) is 16.2. The van der Waals surface area contributed by atoms with Crippen molar-refractivity contribution in [2.24, 2.45) is 5.92 Å². The van der Waals surface area contributed by atoms with Gasteiger partial charge in [0.2, 0.25) is 0 Å². The summed E-state index contributed by atoms with van der Waals surface area (Å²) in [5, 5.41) is 3.56. The van der Waals surface area contributed by atoms with Crippen LogP contribution in [0.1, 0.15) is 34.6 Å². The van der Waals surface area contributed by atoms with Gasteiger partial charge in [-0.05, 0) is 26.7 Å². The SMILES string of the molecule is CCOCC(C(C)C)N1CCNC(C)(C)C1. The Morgan fingerprint density at radius 1 is 1.38 bits per heavy atom. The van der Waals surface area contributed by atoms with Gasteiger partial charge in [0, 0.05) is 37.8 Å². The Bertz CT molecular complexity index is 204. The van der Waals surface area contributed by atoms with Gasteiger partial charge in [0.1, 0.15) is 0 Å². The van der Waals surface area contributed by atoms with Crippen molar-refractivity contribution >= 4 is 0 Å². The van der Waals surface area contributed by atoms with Gasteiger partial charge in [-0.1, -0.05) is 13.8 Å². The molecule has 0 aromatic rings. The van der Waals surface area contributed by atoms with E-state index in [0.717, 1.165) is 32.8 Å². The molecule has 0 aliphatic carbocycles. The van der Waals surface area contributed by atoms with Crippen LogP contribution in [0.2, 0.25) is 0 Å². The molecule has 1 unspecified atom stereocenters. The van der Waals surface area contributed by atoms with Gasteiger partial charge in [-0.2, -0.15) is 0 Å².